The molecule has 2 rings (SSSR count). The molecule has 92 valence electrons. The molecule has 1 aliphatic rings. The zero-order valence-corrected chi connectivity index (χ0v) is 10.6. The summed E-state index contributed by atoms with van der Waals surface area (Å²) in [5, 5.41) is 0. The molecule has 2 nitrogen and oxygen atoms in total. The summed E-state index contributed by atoms with van der Waals surface area (Å²) in [7, 11) is 0. The zero-order valence-electron chi connectivity index (χ0n) is 10.6. The average Bonchev–Trinajstić information content (AvgIpc) is 2.36. The molecule has 0 bridgehead atoms. The smallest absolute Gasteiger partial charge is 0.161 e. The molecule has 1 aliphatic heterocycles. The van der Waals surface area contributed by atoms with E-state index in [1.54, 1.807) is 0 Å². The Hall–Kier alpha value is -1.44. The van der Waals surface area contributed by atoms with Crippen LogP contribution in [0.25, 0.3) is 0 Å². The Morgan fingerprint density at radius 1 is 1.24 bits per heavy atom. The van der Waals surface area contributed by atoms with Gasteiger partial charge in [0.05, 0.1) is 0 Å². The van der Waals surface area contributed by atoms with E-state index in [4.69, 9.17) is 9.47 Å². The summed E-state index contributed by atoms with van der Waals surface area (Å²) in [6.07, 6.45) is 6.65. The van der Waals surface area contributed by atoms with E-state index < -0.39 is 0 Å². The molecule has 1 atom stereocenters. The highest BCUT2D eigenvalue weighted by Crippen LogP contribution is 2.31. The minimum Gasteiger partial charge on any atom is -0.486 e. The highest BCUT2D eigenvalue weighted by molar-refractivity contribution is 5.44. The number of benzene rings is 1. The Balaban J connectivity index is 2.04. The molecule has 17 heavy (non-hydrogen) atoms. The minimum absolute atomic E-state index is 0.567. The normalized spacial score (nSPS) is 16.1. The van der Waals surface area contributed by atoms with E-state index in [2.05, 4.69) is 38.1 Å². The predicted octanol–water partition coefficient (Wildman–Crippen LogP) is 3.60. The van der Waals surface area contributed by atoms with Crippen LogP contribution in [0, 0.1) is 5.92 Å². The molecule has 1 heterocycles. The van der Waals surface area contributed by atoms with Crippen molar-refractivity contribution < 1.29 is 9.47 Å². The van der Waals surface area contributed by atoms with Gasteiger partial charge in [-0.2, -0.15) is 0 Å². The Morgan fingerprint density at radius 3 is 2.76 bits per heavy atom. The van der Waals surface area contributed by atoms with Crippen molar-refractivity contribution >= 4 is 0 Å². The molecule has 0 amide bonds. The highest BCUT2D eigenvalue weighted by Gasteiger charge is 2.12. The fraction of sp³-hybridized carbons (Fsp3) is 0.467. The lowest BCUT2D eigenvalue weighted by Gasteiger charge is -2.19. The number of fused-ring (bicyclic) bond motifs is 1. The van der Waals surface area contributed by atoms with E-state index in [0.717, 1.165) is 24.3 Å². The number of rotatable bonds is 4. The van der Waals surface area contributed by atoms with Crippen LogP contribution in [-0.2, 0) is 6.42 Å². The Morgan fingerprint density at radius 2 is 2.00 bits per heavy atom. The third-order valence-corrected chi connectivity index (χ3v) is 2.86. The second-order valence-electron chi connectivity index (χ2n) is 4.50. The van der Waals surface area contributed by atoms with E-state index in [-0.39, 0.29) is 0 Å². The molecule has 0 aliphatic carbocycles. The lowest BCUT2D eigenvalue weighted by Crippen LogP contribution is -2.15. The van der Waals surface area contributed by atoms with E-state index in [9.17, 15) is 0 Å². The van der Waals surface area contributed by atoms with E-state index in [0.29, 0.717) is 19.1 Å². The summed E-state index contributed by atoms with van der Waals surface area (Å²) in [4.78, 5) is 0. The van der Waals surface area contributed by atoms with Crippen molar-refractivity contribution in [2.45, 2.75) is 26.7 Å². The summed E-state index contributed by atoms with van der Waals surface area (Å²) in [6, 6.07) is 6.24. The lowest BCUT2D eigenvalue weighted by atomic mass is 10.00. The van der Waals surface area contributed by atoms with E-state index >= 15 is 0 Å². The van der Waals surface area contributed by atoms with Crippen LogP contribution >= 0.6 is 0 Å². The fourth-order valence-electron chi connectivity index (χ4n) is 2.02. The molecule has 2 heteroatoms. The Bertz CT molecular complexity index is 396. The highest BCUT2D eigenvalue weighted by atomic mass is 16.6. The molecule has 0 saturated heterocycles. The maximum Gasteiger partial charge on any atom is 0.161 e. The fourth-order valence-corrected chi connectivity index (χ4v) is 2.02. The third kappa shape index (κ3) is 3.26. The first-order valence-electron chi connectivity index (χ1n) is 6.34. The molecule has 0 saturated carbocycles. The second kappa shape index (κ2) is 5.76. The zero-order chi connectivity index (χ0) is 12.1. The van der Waals surface area contributed by atoms with Crippen LogP contribution in [-0.4, -0.2) is 13.2 Å². The van der Waals surface area contributed by atoms with Gasteiger partial charge in [0.2, 0.25) is 0 Å². The molecule has 0 radical (unpaired) electrons. The topological polar surface area (TPSA) is 18.5 Å². The van der Waals surface area contributed by atoms with Gasteiger partial charge in [-0.3, -0.25) is 0 Å². The van der Waals surface area contributed by atoms with Gasteiger partial charge in [0.1, 0.15) is 13.2 Å². The largest absolute Gasteiger partial charge is 0.486 e. The van der Waals surface area contributed by atoms with Crippen molar-refractivity contribution in [3.05, 3.63) is 35.9 Å². The van der Waals surface area contributed by atoms with Crippen molar-refractivity contribution in [3.63, 3.8) is 0 Å². The van der Waals surface area contributed by atoms with Gasteiger partial charge in [0, 0.05) is 0 Å². The van der Waals surface area contributed by atoms with Crippen molar-refractivity contribution in [2.24, 2.45) is 5.92 Å². The first-order chi connectivity index (χ1) is 8.29. The number of allylic oxidation sites excluding steroid dienone is 2. The van der Waals surface area contributed by atoms with E-state index in [1.165, 1.54) is 5.56 Å². The second-order valence-corrected chi connectivity index (χ2v) is 4.50. The average molecular weight is 232 g/mol. The van der Waals surface area contributed by atoms with Gasteiger partial charge in [-0.25, -0.2) is 0 Å². The van der Waals surface area contributed by atoms with Crippen LogP contribution in [0.15, 0.2) is 30.4 Å². The molecule has 0 fully saturated rings. The van der Waals surface area contributed by atoms with Crippen molar-refractivity contribution in [1.29, 1.82) is 0 Å². The maximum absolute atomic E-state index is 5.58. The third-order valence-electron chi connectivity index (χ3n) is 2.86. The number of ether oxygens (including phenoxy) is 2. The Labute approximate surface area is 103 Å². The van der Waals surface area contributed by atoms with Gasteiger partial charge in [-0.15, -0.1) is 0 Å². The quantitative estimate of drug-likeness (QED) is 0.738. The molecular formula is C15H20O2. The maximum atomic E-state index is 5.58. The molecule has 0 N–H and O–H groups in total. The van der Waals surface area contributed by atoms with Crippen LogP contribution < -0.4 is 9.47 Å². The van der Waals surface area contributed by atoms with Crippen LogP contribution in [0.5, 0.6) is 11.5 Å². The minimum atomic E-state index is 0.567. The van der Waals surface area contributed by atoms with Crippen LogP contribution in [0.2, 0.25) is 0 Å². The van der Waals surface area contributed by atoms with Crippen molar-refractivity contribution in [1.82, 2.24) is 0 Å². The van der Waals surface area contributed by atoms with Gasteiger partial charge in [-0.1, -0.05) is 32.1 Å². The van der Waals surface area contributed by atoms with Gasteiger partial charge in [-0.05, 0) is 36.5 Å². The van der Waals surface area contributed by atoms with Gasteiger partial charge >= 0.3 is 0 Å². The first-order valence-corrected chi connectivity index (χ1v) is 6.34. The summed E-state index contributed by atoms with van der Waals surface area (Å²) < 4.78 is 11.1. The van der Waals surface area contributed by atoms with E-state index in [1.807, 2.05) is 6.07 Å². The lowest BCUT2D eigenvalue weighted by molar-refractivity contribution is 0.171. The molecule has 1 unspecified atom stereocenters. The summed E-state index contributed by atoms with van der Waals surface area (Å²) in [5.41, 5.74) is 1.31. The summed E-state index contributed by atoms with van der Waals surface area (Å²) in [5.74, 6) is 2.33. The van der Waals surface area contributed by atoms with Crippen LogP contribution in [0.4, 0.5) is 0 Å². The molecule has 1 aromatic rings. The first kappa shape index (κ1) is 12.0. The molecular weight excluding hydrogens is 212 g/mol. The van der Waals surface area contributed by atoms with Gasteiger partial charge < -0.3 is 9.47 Å². The van der Waals surface area contributed by atoms with Gasteiger partial charge in [0.25, 0.3) is 0 Å². The number of hydrogen-bond donors (Lipinski definition) is 0. The van der Waals surface area contributed by atoms with Crippen LogP contribution in [0.3, 0.4) is 0 Å². The SMILES string of the molecule is CC/C=C\C(C)Cc1ccc2c(c1)OCCO2. The predicted molar refractivity (Wildman–Crippen MR) is 69.7 cm³/mol. The molecule has 0 aromatic heterocycles. The Kier molecular flexibility index (Phi) is 4.08. The summed E-state index contributed by atoms with van der Waals surface area (Å²) >= 11 is 0. The summed E-state index contributed by atoms with van der Waals surface area (Å²) in [6.45, 7) is 5.71. The van der Waals surface area contributed by atoms with Crippen molar-refractivity contribution in [3.8, 4) is 11.5 Å². The molecule has 0 spiro atoms. The molecule has 1 aromatic carbocycles. The monoisotopic (exact) mass is 232 g/mol. The number of hydrogen-bond acceptors (Lipinski definition) is 2. The van der Waals surface area contributed by atoms with Crippen molar-refractivity contribution in [2.75, 3.05) is 13.2 Å². The van der Waals surface area contributed by atoms with Gasteiger partial charge in [0.15, 0.2) is 11.5 Å². The standard InChI is InChI=1S/C15H20O2/c1-3-4-5-12(2)10-13-6-7-14-15(11-13)17-9-8-16-14/h4-7,11-12H,3,8-10H2,1-2H3/b5-4-. The van der Waals surface area contributed by atoms with Crippen LogP contribution in [0.1, 0.15) is 25.8 Å².